The average molecular weight is 330 g/mol. The van der Waals surface area contributed by atoms with Crippen LogP contribution in [0.4, 0.5) is 0 Å². The molecule has 6 heteroatoms. The summed E-state index contributed by atoms with van der Waals surface area (Å²) in [6.45, 7) is 0.283. The molecule has 116 valence electrons. The number of thiophene rings is 1. The molecule has 0 radical (unpaired) electrons. The highest BCUT2D eigenvalue weighted by Gasteiger charge is 2.29. The summed E-state index contributed by atoms with van der Waals surface area (Å²) in [5.41, 5.74) is -0.765. The molecule has 0 unspecified atom stereocenters. The van der Waals surface area contributed by atoms with E-state index in [0.29, 0.717) is 9.21 Å². The Labute approximate surface area is 133 Å². The molecule has 1 aromatic rings. The Kier molecular flexibility index (Phi) is 5.79. The van der Waals surface area contributed by atoms with Gasteiger partial charge in [0, 0.05) is 19.4 Å². The summed E-state index contributed by atoms with van der Waals surface area (Å²) in [6, 6.07) is 3.36. The number of hydrogen-bond acceptors (Lipinski definition) is 4. The number of rotatable bonds is 6. The van der Waals surface area contributed by atoms with Crippen molar-refractivity contribution in [3.05, 3.63) is 21.3 Å². The van der Waals surface area contributed by atoms with Gasteiger partial charge in [-0.25, -0.2) is 0 Å². The van der Waals surface area contributed by atoms with Gasteiger partial charge in [-0.1, -0.05) is 30.9 Å². The molecule has 1 amide bonds. The first-order valence-electron chi connectivity index (χ1n) is 7.26. The maximum Gasteiger partial charge on any atom is 0.220 e. The van der Waals surface area contributed by atoms with Gasteiger partial charge in [-0.2, -0.15) is 0 Å². The van der Waals surface area contributed by atoms with Gasteiger partial charge < -0.3 is 10.4 Å². The molecule has 0 saturated heterocycles. The molecule has 1 fully saturated rings. The lowest BCUT2D eigenvalue weighted by Gasteiger charge is -2.32. The molecule has 4 nitrogen and oxygen atoms in total. The van der Waals surface area contributed by atoms with Crippen LogP contribution in [0.3, 0.4) is 0 Å². The molecule has 1 aliphatic carbocycles. The van der Waals surface area contributed by atoms with Crippen LogP contribution < -0.4 is 5.32 Å². The minimum atomic E-state index is -0.765. The first-order chi connectivity index (χ1) is 9.98. The Morgan fingerprint density at radius 1 is 1.24 bits per heavy atom. The monoisotopic (exact) mass is 329 g/mol. The van der Waals surface area contributed by atoms with E-state index in [9.17, 15) is 14.7 Å². The van der Waals surface area contributed by atoms with Crippen molar-refractivity contribution in [2.45, 2.75) is 50.5 Å². The molecule has 0 aliphatic heterocycles. The van der Waals surface area contributed by atoms with Crippen LogP contribution in [0, 0.1) is 0 Å². The molecule has 0 bridgehead atoms. The zero-order chi connectivity index (χ0) is 15.3. The first kappa shape index (κ1) is 16.5. The fourth-order valence-electron chi connectivity index (χ4n) is 2.55. The number of halogens is 1. The molecule has 1 heterocycles. The summed E-state index contributed by atoms with van der Waals surface area (Å²) < 4.78 is 0.572. The number of carbonyl (C=O) groups excluding carboxylic acids is 2. The summed E-state index contributed by atoms with van der Waals surface area (Å²) in [5.74, 6) is -0.261. The molecule has 0 aromatic carbocycles. The number of amides is 1. The molecule has 0 spiro atoms. The van der Waals surface area contributed by atoms with Crippen molar-refractivity contribution < 1.29 is 14.7 Å². The number of hydrogen-bond donors (Lipinski definition) is 2. The van der Waals surface area contributed by atoms with Crippen LogP contribution >= 0.6 is 22.9 Å². The minimum Gasteiger partial charge on any atom is -0.388 e. The van der Waals surface area contributed by atoms with E-state index in [-0.39, 0.29) is 31.1 Å². The Balaban J connectivity index is 1.71. The summed E-state index contributed by atoms with van der Waals surface area (Å²) in [6.07, 6.45) is 4.94. The molecule has 1 aliphatic rings. The Morgan fingerprint density at radius 3 is 2.57 bits per heavy atom. The quantitative estimate of drug-likeness (QED) is 0.788. The van der Waals surface area contributed by atoms with Gasteiger partial charge in [-0.3, -0.25) is 9.59 Å². The highest BCUT2D eigenvalue weighted by molar-refractivity contribution is 7.18. The van der Waals surface area contributed by atoms with Crippen LogP contribution in [0.1, 0.15) is 54.6 Å². The van der Waals surface area contributed by atoms with Crippen LogP contribution in [-0.2, 0) is 4.79 Å². The van der Waals surface area contributed by atoms with Gasteiger partial charge in [0.05, 0.1) is 14.8 Å². The largest absolute Gasteiger partial charge is 0.388 e. The lowest BCUT2D eigenvalue weighted by molar-refractivity contribution is -0.122. The minimum absolute atomic E-state index is 0.0709. The van der Waals surface area contributed by atoms with Crippen molar-refractivity contribution in [3.63, 3.8) is 0 Å². The zero-order valence-corrected chi connectivity index (χ0v) is 13.4. The van der Waals surface area contributed by atoms with Gasteiger partial charge in [0.25, 0.3) is 0 Å². The van der Waals surface area contributed by atoms with Crippen LogP contribution in [0.5, 0.6) is 0 Å². The van der Waals surface area contributed by atoms with E-state index in [4.69, 9.17) is 11.6 Å². The summed E-state index contributed by atoms with van der Waals surface area (Å²) in [7, 11) is 0. The highest BCUT2D eigenvalue weighted by atomic mass is 35.5. The zero-order valence-electron chi connectivity index (χ0n) is 11.9. The van der Waals surface area contributed by atoms with Crippen molar-refractivity contribution in [3.8, 4) is 0 Å². The highest BCUT2D eigenvalue weighted by Crippen LogP contribution is 2.27. The second-order valence-electron chi connectivity index (χ2n) is 5.59. The van der Waals surface area contributed by atoms with Gasteiger partial charge in [-0.15, -0.1) is 11.3 Å². The Bertz CT molecular complexity index is 509. The SMILES string of the molecule is O=C(CCC(=O)c1ccc(Cl)s1)NCC1(O)CCCCC1. The van der Waals surface area contributed by atoms with Crippen LogP contribution in [-0.4, -0.2) is 28.9 Å². The third kappa shape index (κ3) is 5.09. The second-order valence-corrected chi connectivity index (χ2v) is 7.30. The summed E-state index contributed by atoms with van der Waals surface area (Å²) in [5, 5.41) is 13.0. The maximum absolute atomic E-state index is 11.9. The van der Waals surface area contributed by atoms with E-state index in [1.807, 2.05) is 0 Å². The number of nitrogens with one attached hydrogen (secondary N) is 1. The van der Waals surface area contributed by atoms with Gasteiger partial charge in [0.2, 0.25) is 5.91 Å². The normalized spacial score (nSPS) is 17.4. The third-order valence-electron chi connectivity index (χ3n) is 3.83. The van der Waals surface area contributed by atoms with E-state index in [2.05, 4.69) is 5.32 Å². The van der Waals surface area contributed by atoms with Crippen molar-refractivity contribution in [1.82, 2.24) is 5.32 Å². The smallest absolute Gasteiger partial charge is 0.220 e. The van der Waals surface area contributed by atoms with E-state index < -0.39 is 5.60 Å². The van der Waals surface area contributed by atoms with E-state index in [1.54, 1.807) is 12.1 Å². The lowest BCUT2D eigenvalue weighted by Crippen LogP contribution is -2.44. The third-order valence-corrected chi connectivity index (χ3v) is 5.10. The van der Waals surface area contributed by atoms with E-state index in [1.165, 1.54) is 11.3 Å². The fourth-order valence-corrected chi connectivity index (χ4v) is 3.56. The van der Waals surface area contributed by atoms with Crippen molar-refractivity contribution in [1.29, 1.82) is 0 Å². The van der Waals surface area contributed by atoms with Crippen LogP contribution in [0.25, 0.3) is 0 Å². The van der Waals surface area contributed by atoms with Crippen molar-refractivity contribution in [2.75, 3.05) is 6.54 Å². The topological polar surface area (TPSA) is 66.4 Å². The summed E-state index contributed by atoms with van der Waals surface area (Å²) >= 11 is 7.00. The van der Waals surface area contributed by atoms with Crippen LogP contribution in [0.2, 0.25) is 4.34 Å². The molecule has 1 saturated carbocycles. The molecule has 21 heavy (non-hydrogen) atoms. The van der Waals surface area contributed by atoms with Gasteiger partial charge in [0.15, 0.2) is 5.78 Å². The predicted molar refractivity (Wildman–Crippen MR) is 83.9 cm³/mol. The number of aliphatic hydroxyl groups is 1. The number of ketones is 1. The molecule has 0 atom stereocenters. The number of carbonyl (C=O) groups is 2. The van der Waals surface area contributed by atoms with Gasteiger partial charge in [0.1, 0.15) is 0 Å². The molecular weight excluding hydrogens is 310 g/mol. The average Bonchev–Trinajstić information content (AvgIpc) is 2.90. The van der Waals surface area contributed by atoms with E-state index in [0.717, 1.165) is 32.1 Å². The lowest BCUT2D eigenvalue weighted by atomic mass is 9.85. The van der Waals surface area contributed by atoms with Gasteiger partial charge >= 0.3 is 0 Å². The second kappa shape index (κ2) is 7.38. The fraction of sp³-hybridized carbons (Fsp3) is 0.600. The molecular formula is C15H20ClNO3S. The predicted octanol–water partition coefficient (Wildman–Crippen LogP) is 3.18. The molecule has 2 N–H and O–H groups in total. The Morgan fingerprint density at radius 2 is 1.95 bits per heavy atom. The summed E-state index contributed by atoms with van der Waals surface area (Å²) in [4.78, 5) is 24.2. The standard InChI is InChI=1S/C15H20ClNO3S/c16-13-6-5-12(21-13)11(18)4-7-14(19)17-10-15(20)8-2-1-3-9-15/h5-6,20H,1-4,7-10H2,(H,17,19). The van der Waals surface area contributed by atoms with Crippen LogP contribution in [0.15, 0.2) is 12.1 Å². The van der Waals surface area contributed by atoms with Gasteiger partial charge in [-0.05, 0) is 25.0 Å². The Hall–Kier alpha value is -0.910. The molecule has 1 aromatic heterocycles. The van der Waals surface area contributed by atoms with Crippen molar-refractivity contribution in [2.24, 2.45) is 0 Å². The maximum atomic E-state index is 11.9. The number of Topliss-reactive ketones (excluding diaryl/α,β-unsaturated/α-hetero) is 1. The van der Waals surface area contributed by atoms with Crippen molar-refractivity contribution >= 4 is 34.6 Å². The van der Waals surface area contributed by atoms with E-state index >= 15 is 0 Å². The molecule has 2 rings (SSSR count). The first-order valence-corrected chi connectivity index (χ1v) is 8.46.